The Morgan fingerprint density at radius 2 is 1.69 bits per heavy atom. The van der Waals surface area contributed by atoms with E-state index in [0.29, 0.717) is 67.5 Å². The number of carbonyl (C=O) groups excluding carboxylic acids is 2. The van der Waals surface area contributed by atoms with Crippen LogP contribution >= 0.6 is 0 Å². The van der Waals surface area contributed by atoms with Crippen LogP contribution in [0.2, 0.25) is 0 Å². The number of anilines is 1. The van der Waals surface area contributed by atoms with Gasteiger partial charge < -0.3 is 50.6 Å². The molecule has 2 amide bonds. The second kappa shape index (κ2) is 20.0. The molecule has 4 saturated carbocycles. The van der Waals surface area contributed by atoms with Crippen LogP contribution in [0, 0.1) is 23.7 Å². The summed E-state index contributed by atoms with van der Waals surface area (Å²) in [6, 6.07) is 13.4. The molecule has 6 N–H and O–H groups in total. The highest BCUT2D eigenvalue weighted by atomic mass is 16.5. The Kier molecular flexibility index (Phi) is 14.9. The van der Waals surface area contributed by atoms with E-state index in [-0.39, 0.29) is 36.0 Å². The van der Waals surface area contributed by atoms with Gasteiger partial charge in [-0.05, 0) is 130 Å². The van der Waals surface area contributed by atoms with Gasteiger partial charge in [0.1, 0.15) is 23.6 Å². The summed E-state index contributed by atoms with van der Waals surface area (Å²) >= 11 is 0. The van der Waals surface area contributed by atoms with E-state index in [1.807, 2.05) is 30.3 Å². The van der Waals surface area contributed by atoms with Crippen LogP contribution in [-0.4, -0.2) is 124 Å². The second-order valence-corrected chi connectivity index (χ2v) is 16.5. The van der Waals surface area contributed by atoms with Gasteiger partial charge in [0.25, 0.3) is 5.91 Å². The predicted octanol–water partition coefficient (Wildman–Crippen LogP) is 4.53. The van der Waals surface area contributed by atoms with E-state index in [9.17, 15) is 19.5 Å². The van der Waals surface area contributed by atoms with Crippen molar-refractivity contribution in [2.45, 2.75) is 63.8 Å². The molecule has 4 fully saturated rings. The van der Waals surface area contributed by atoms with Crippen molar-refractivity contribution in [2.75, 3.05) is 85.7 Å². The fraction of sp³-hybridized carbons (Fsp3) is 0.591. The van der Waals surface area contributed by atoms with Crippen LogP contribution in [0.3, 0.4) is 0 Å². The summed E-state index contributed by atoms with van der Waals surface area (Å²) in [5, 5.41) is 25.2. The number of carbonyl (C=O) groups is 3. The molecular weight excluding hydrogens is 755 g/mol. The molecule has 0 saturated heterocycles. The summed E-state index contributed by atoms with van der Waals surface area (Å²) in [7, 11) is 5.26. The first-order valence-electron chi connectivity index (χ1n) is 21.1. The molecule has 15 nitrogen and oxygen atoms in total. The first-order valence-corrected chi connectivity index (χ1v) is 21.1. The Morgan fingerprint density at radius 3 is 2.37 bits per heavy atom. The number of aromatic nitrogens is 2. The van der Waals surface area contributed by atoms with Crippen molar-refractivity contribution in [3.8, 4) is 28.4 Å². The number of benzene rings is 2. The molecule has 4 aliphatic rings. The molecule has 59 heavy (non-hydrogen) atoms. The SMILES string of the molecule is COc1cccc(OC)c1-c1cc(C(=O)NC2(C(=O)O)C3CC4CC(C3)C2C4)nn1-c1ccc(NCCCN(C)CCCNC(=O)COCCOCCN)cc1C(C)C. The number of hydrogen-bond donors (Lipinski definition) is 5. The van der Waals surface area contributed by atoms with Crippen molar-refractivity contribution in [1.82, 2.24) is 25.3 Å². The number of ether oxygens (including phenoxy) is 4. The first-order chi connectivity index (χ1) is 28.5. The number of nitrogens with one attached hydrogen (secondary N) is 3. The van der Waals surface area contributed by atoms with Crippen LogP contribution in [0.1, 0.15) is 74.3 Å². The molecule has 322 valence electrons. The van der Waals surface area contributed by atoms with Crippen molar-refractivity contribution >= 4 is 23.5 Å². The van der Waals surface area contributed by atoms with Crippen LogP contribution < -0.4 is 31.2 Å². The number of amides is 2. The summed E-state index contributed by atoms with van der Waals surface area (Å²) in [5.74, 6) is 0.337. The molecule has 0 spiro atoms. The summed E-state index contributed by atoms with van der Waals surface area (Å²) in [4.78, 5) is 41.6. The van der Waals surface area contributed by atoms with Crippen molar-refractivity contribution in [3.05, 3.63) is 53.7 Å². The standard InChI is InChI=1S/C44H63N7O8/c1-28(2)33-25-32(46-14-7-16-50(3)17-8-15-47-40(52)27-59-20-19-58-18-13-45)11-12-36(33)51-37(41-38(56-4)9-6-10-39(41)57-5)26-35(49-51)42(53)48-44(43(54)55)31-22-29-21-30(24-31)34(44)23-29/h6,9-12,25-26,28-31,34,46H,7-8,13-24,27,45H2,1-5H3,(H,47,52)(H,48,53)(H,54,55). The van der Waals surface area contributed by atoms with Gasteiger partial charge in [0.15, 0.2) is 5.69 Å². The maximum absolute atomic E-state index is 14.3. The maximum atomic E-state index is 14.3. The summed E-state index contributed by atoms with van der Waals surface area (Å²) in [6.45, 7) is 9.05. The van der Waals surface area contributed by atoms with Gasteiger partial charge in [-0.25, -0.2) is 9.48 Å². The lowest BCUT2D eigenvalue weighted by atomic mass is 9.70. The highest BCUT2D eigenvalue weighted by Crippen LogP contribution is 2.63. The molecule has 15 heteroatoms. The van der Waals surface area contributed by atoms with E-state index in [4.69, 9.17) is 29.8 Å². The average Bonchev–Trinajstić information content (AvgIpc) is 3.86. The lowest BCUT2D eigenvalue weighted by molar-refractivity contribution is -0.149. The molecule has 2 aromatic carbocycles. The van der Waals surface area contributed by atoms with E-state index in [0.717, 1.165) is 75.1 Å². The molecule has 4 aliphatic carbocycles. The van der Waals surface area contributed by atoms with E-state index < -0.39 is 17.4 Å². The van der Waals surface area contributed by atoms with E-state index >= 15 is 0 Å². The molecule has 1 heterocycles. The van der Waals surface area contributed by atoms with Crippen LogP contribution in [0.25, 0.3) is 16.9 Å². The Balaban J connectivity index is 1.13. The summed E-state index contributed by atoms with van der Waals surface area (Å²) < 4.78 is 24.0. The Hall–Kier alpha value is -4.70. The highest BCUT2D eigenvalue weighted by Gasteiger charge is 2.67. The van der Waals surface area contributed by atoms with Gasteiger partial charge in [-0.1, -0.05) is 19.9 Å². The van der Waals surface area contributed by atoms with Crippen LogP contribution in [0.5, 0.6) is 11.5 Å². The van der Waals surface area contributed by atoms with E-state index in [2.05, 4.69) is 47.8 Å². The number of carboxylic acids is 1. The molecule has 4 bridgehead atoms. The number of methoxy groups -OCH3 is 2. The van der Waals surface area contributed by atoms with E-state index in [1.165, 1.54) is 0 Å². The number of nitrogens with zero attached hydrogens (tertiary/aromatic N) is 3. The van der Waals surface area contributed by atoms with Crippen LogP contribution in [-0.2, 0) is 19.1 Å². The zero-order valence-corrected chi connectivity index (χ0v) is 35.3. The van der Waals surface area contributed by atoms with Crippen LogP contribution in [0.4, 0.5) is 5.69 Å². The van der Waals surface area contributed by atoms with Gasteiger partial charge >= 0.3 is 5.97 Å². The average molecular weight is 818 g/mol. The minimum Gasteiger partial charge on any atom is -0.496 e. The van der Waals surface area contributed by atoms with E-state index in [1.54, 1.807) is 25.0 Å². The molecular formula is C44H63N7O8. The fourth-order valence-electron chi connectivity index (χ4n) is 9.69. The Morgan fingerprint density at radius 1 is 0.966 bits per heavy atom. The second-order valence-electron chi connectivity index (χ2n) is 16.5. The number of rotatable bonds is 24. The third kappa shape index (κ3) is 9.86. The quantitative estimate of drug-likeness (QED) is 0.0796. The fourth-order valence-corrected chi connectivity index (χ4v) is 9.69. The maximum Gasteiger partial charge on any atom is 0.330 e. The lowest BCUT2D eigenvalue weighted by Gasteiger charge is -2.41. The zero-order valence-electron chi connectivity index (χ0n) is 35.3. The molecule has 5 atom stereocenters. The van der Waals surface area contributed by atoms with Gasteiger partial charge in [-0.3, -0.25) is 9.59 Å². The minimum atomic E-state index is -1.29. The van der Waals surface area contributed by atoms with Crippen LogP contribution in [0.15, 0.2) is 42.5 Å². The molecule has 3 aromatic rings. The normalized spacial score (nSPS) is 21.6. The molecule has 5 unspecified atom stereocenters. The third-order valence-electron chi connectivity index (χ3n) is 12.4. The van der Waals surface area contributed by atoms with Gasteiger partial charge in [-0.2, -0.15) is 5.10 Å². The zero-order chi connectivity index (χ0) is 42.1. The van der Waals surface area contributed by atoms with Gasteiger partial charge in [-0.15, -0.1) is 0 Å². The monoisotopic (exact) mass is 817 g/mol. The largest absolute Gasteiger partial charge is 0.496 e. The van der Waals surface area contributed by atoms with Crippen molar-refractivity contribution < 1.29 is 38.4 Å². The molecule has 7 rings (SSSR count). The number of hydrogen-bond acceptors (Lipinski definition) is 11. The van der Waals surface area contributed by atoms with Gasteiger partial charge in [0.2, 0.25) is 5.91 Å². The Bertz CT molecular complexity index is 1890. The molecule has 0 radical (unpaired) electrons. The molecule has 0 aliphatic heterocycles. The first kappa shape index (κ1) is 43.9. The lowest BCUT2D eigenvalue weighted by Crippen LogP contribution is -2.62. The number of aliphatic carboxylic acids is 1. The predicted molar refractivity (Wildman–Crippen MR) is 225 cm³/mol. The summed E-state index contributed by atoms with van der Waals surface area (Å²) in [5.41, 5.74) is 8.20. The smallest absolute Gasteiger partial charge is 0.330 e. The Labute approximate surface area is 347 Å². The van der Waals surface area contributed by atoms with Crippen molar-refractivity contribution in [1.29, 1.82) is 0 Å². The number of nitrogens with two attached hydrogens (primary N) is 1. The third-order valence-corrected chi connectivity index (χ3v) is 12.4. The van der Waals surface area contributed by atoms with Gasteiger partial charge in [0.05, 0.1) is 51.0 Å². The molecule has 1 aromatic heterocycles. The number of carboxylic acid groups (broad SMARTS) is 1. The van der Waals surface area contributed by atoms with Crippen molar-refractivity contribution in [3.63, 3.8) is 0 Å². The van der Waals surface area contributed by atoms with Gasteiger partial charge in [0, 0.05) is 25.3 Å². The highest BCUT2D eigenvalue weighted by molar-refractivity contribution is 5.98. The summed E-state index contributed by atoms with van der Waals surface area (Å²) in [6.07, 6.45) is 5.30. The minimum absolute atomic E-state index is 0.0152. The topological polar surface area (TPSA) is 192 Å². The van der Waals surface area contributed by atoms with Crippen molar-refractivity contribution in [2.24, 2.45) is 29.4 Å².